The van der Waals surface area contributed by atoms with Crippen molar-refractivity contribution in [2.45, 2.75) is 27.3 Å². The molecule has 1 aromatic rings. The Hall–Kier alpha value is -1.59. The van der Waals surface area contributed by atoms with Crippen LogP contribution in [0.3, 0.4) is 0 Å². The van der Waals surface area contributed by atoms with Gasteiger partial charge in [-0.15, -0.1) is 0 Å². The van der Waals surface area contributed by atoms with E-state index in [1.807, 2.05) is 13.8 Å². The zero-order valence-electron chi connectivity index (χ0n) is 8.57. The van der Waals surface area contributed by atoms with Crippen LogP contribution in [0.15, 0.2) is 0 Å². The predicted octanol–water partition coefficient (Wildman–Crippen LogP) is 1.55. The maximum Gasteiger partial charge on any atom is 0.406 e. The van der Waals surface area contributed by atoms with Crippen molar-refractivity contribution >= 4 is 11.6 Å². The summed E-state index contributed by atoms with van der Waals surface area (Å²) < 4.78 is 1.79. The Morgan fingerprint density at radius 3 is 2.64 bits per heavy atom. The number of anilines is 1. The average Bonchev–Trinajstić information content (AvgIpc) is 2.43. The van der Waals surface area contributed by atoms with E-state index in [9.17, 15) is 10.1 Å². The van der Waals surface area contributed by atoms with Gasteiger partial charge in [0.1, 0.15) is 0 Å². The van der Waals surface area contributed by atoms with Crippen LogP contribution in [-0.2, 0) is 6.54 Å². The van der Waals surface area contributed by atoms with Gasteiger partial charge in [0, 0.05) is 20.0 Å². The summed E-state index contributed by atoms with van der Waals surface area (Å²) in [6, 6.07) is 0. The van der Waals surface area contributed by atoms with E-state index in [1.165, 1.54) is 0 Å². The van der Waals surface area contributed by atoms with Gasteiger partial charge in [-0.1, -0.05) is 0 Å². The van der Waals surface area contributed by atoms with Gasteiger partial charge >= 0.3 is 5.82 Å². The highest BCUT2D eigenvalue weighted by Gasteiger charge is 2.23. The molecule has 1 heterocycles. The van der Waals surface area contributed by atoms with Gasteiger partial charge in [-0.3, -0.25) is 4.57 Å². The summed E-state index contributed by atoms with van der Waals surface area (Å²) in [5.41, 5.74) is 0. The summed E-state index contributed by atoms with van der Waals surface area (Å²) in [5, 5.41) is 13.6. The highest BCUT2D eigenvalue weighted by molar-refractivity contribution is 5.53. The number of nitrogens with zero attached hydrogens (tertiary/aromatic N) is 3. The zero-order chi connectivity index (χ0) is 10.7. The van der Waals surface area contributed by atoms with E-state index in [-0.39, 0.29) is 5.82 Å². The molecule has 0 radical (unpaired) electrons. The number of nitrogens with one attached hydrogen (secondary N) is 1. The summed E-state index contributed by atoms with van der Waals surface area (Å²) in [6.45, 7) is 6.91. The number of aromatic nitrogens is 2. The van der Waals surface area contributed by atoms with Crippen LogP contribution in [0.25, 0.3) is 0 Å². The highest BCUT2D eigenvalue weighted by Crippen LogP contribution is 2.24. The molecule has 0 amide bonds. The number of aryl methyl sites for hydroxylation is 1. The van der Waals surface area contributed by atoms with Crippen LogP contribution in [0.5, 0.6) is 0 Å². The van der Waals surface area contributed by atoms with Crippen molar-refractivity contribution in [2.75, 3.05) is 11.9 Å². The lowest BCUT2D eigenvalue weighted by Gasteiger charge is -2.05. The molecule has 6 nitrogen and oxygen atoms in total. The molecule has 1 rings (SSSR count). The Morgan fingerprint density at radius 1 is 1.57 bits per heavy atom. The van der Waals surface area contributed by atoms with E-state index in [1.54, 1.807) is 11.5 Å². The van der Waals surface area contributed by atoms with E-state index < -0.39 is 4.92 Å². The monoisotopic (exact) mass is 198 g/mol. The third-order valence-electron chi connectivity index (χ3n) is 1.97. The number of imidazole rings is 1. The predicted molar refractivity (Wildman–Crippen MR) is 53.5 cm³/mol. The lowest BCUT2D eigenvalue weighted by atomic mass is 10.5. The van der Waals surface area contributed by atoms with E-state index in [4.69, 9.17) is 0 Å². The molecule has 0 atom stereocenters. The Balaban J connectivity index is 3.22. The van der Waals surface area contributed by atoms with Gasteiger partial charge in [-0.25, -0.2) is 0 Å². The zero-order valence-corrected chi connectivity index (χ0v) is 8.57. The van der Waals surface area contributed by atoms with Gasteiger partial charge in [0.2, 0.25) is 11.6 Å². The van der Waals surface area contributed by atoms with E-state index in [0.717, 1.165) is 0 Å². The van der Waals surface area contributed by atoms with Crippen molar-refractivity contribution in [3.8, 4) is 0 Å². The average molecular weight is 198 g/mol. The molecule has 0 aliphatic carbocycles. The first kappa shape index (κ1) is 10.5. The van der Waals surface area contributed by atoms with Crippen LogP contribution < -0.4 is 5.32 Å². The number of rotatable bonds is 4. The number of nitro groups is 1. The molecule has 0 saturated carbocycles. The minimum atomic E-state index is -0.461. The van der Waals surface area contributed by atoms with Crippen LogP contribution in [-0.4, -0.2) is 21.0 Å². The molecule has 14 heavy (non-hydrogen) atoms. The quantitative estimate of drug-likeness (QED) is 0.588. The van der Waals surface area contributed by atoms with Crippen LogP contribution >= 0.6 is 0 Å². The van der Waals surface area contributed by atoms with Crippen molar-refractivity contribution in [3.05, 3.63) is 15.9 Å². The van der Waals surface area contributed by atoms with Crippen LogP contribution in [0.1, 0.15) is 19.7 Å². The van der Waals surface area contributed by atoms with Gasteiger partial charge in [-0.2, -0.15) is 0 Å². The fraction of sp³-hybridized carbons (Fsp3) is 0.625. The fourth-order valence-corrected chi connectivity index (χ4v) is 1.41. The van der Waals surface area contributed by atoms with E-state index in [2.05, 4.69) is 10.3 Å². The molecule has 6 heteroatoms. The summed E-state index contributed by atoms with van der Waals surface area (Å²) in [7, 11) is 0. The van der Waals surface area contributed by atoms with Gasteiger partial charge in [0.05, 0.1) is 0 Å². The Labute approximate surface area is 82.1 Å². The maximum atomic E-state index is 10.7. The largest absolute Gasteiger partial charge is 0.406 e. The van der Waals surface area contributed by atoms with Crippen molar-refractivity contribution in [3.63, 3.8) is 0 Å². The molecule has 0 spiro atoms. The molecule has 0 saturated heterocycles. The van der Waals surface area contributed by atoms with Crippen molar-refractivity contribution in [1.29, 1.82) is 0 Å². The van der Waals surface area contributed by atoms with Crippen LogP contribution in [0, 0.1) is 17.0 Å². The van der Waals surface area contributed by atoms with Gasteiger partial charge in [0.15, 0.2) is 0 Å². The molecule has 1 aromatic heterocycles. The minimum Gasteiger partial charge on any atom is -0.365 e. The van der Waals surface area contributed by atoms with Crippen molar-refractivity contribution < 1.29 is 4.92 Å². The van der Waals surface area contributed by atoms with E-state index in [0.29, 0.717) is 24.7 Å². The second-order valence-corrected chi connectivity index (χ2v) is 2.86. The minimum absolute atomic E-state index is 0.0915. The second-order valence-electron chi connectivity index (χ2n) is 2.86. The first-order valence-electron chi connectivity index (χ1n) is 4.57. The van der Waals surface area contributed by atoms with Gasteiger partial charge < -0.3 is 15.4 Å². The Kier molecular flexibility index (Phi) is 3.06. The Morgan fingerprint density at radius 2 is 2.21 bits per heavy atom. The fourth-order valence-electron chi connectivity index (χ4n) is 1.41. The summed E-state index contributed by atoms with van der Waals surface area (Å²) in [4.78, 5) is 14.1. The number of hydrogen-bond donors (Lipinski definition) is 1. The molecular formula is C8H14N4O2. The SMILES string of the molecule is CCNc1c([N+](=O)[O-])nc(C)n1CC. The van der Waals surface area contributed by atoms with Crippen LogP contribution in [0.4, 0.5) is 11.6 Å². The summed E-state index contributed by atoms with van der Waals surface area (Å²) in [5.74, 6) is 1.07. The third-order valence-corrected chi connectivity index (χ3v) is 1.97. The second kappa shape index (κ2) is 4.08. The lowest BCUT2D eigenvalue weighted by Crippen LogP contribution is -2.07. The summed E-state index contributed by atoms with van der Waals surface area (Å²) >= 11 is 0. The first-order valence-corrected chi connectivity index (χ1v) is 4.57. The maximum absolute atomic E-state index is 10.7. The smallest absolute Gasteiger partial charge is 0.365 e. The molecular weight excluding hydrogens is 184 g/mol. The molecule has 78 valence electrons. The van der Waals surface area contributed by atoms with Crippen molar-refractivity contribution in [2.24, 2.45) is 0 Å². The Bertz CT molecular complexity index is 345. The first-order chi connectivity index (χ1) is 6.61. The van der Waals surface area contributed by atoms with Crippen molar-refractivity contribution in [1.82, 2.24) is 9.55 Å². The molecule has 0 aliphatic rings. The van der Waals surface area contributed by atoms with Gasteiger partial charge in [0.25, 0.3) is 0 Å². The molecule has 0 bridgehead atoms. The molecule has 0 fully saturated rings. The third kappa shape index (κ3) is 1.68. The van der Waals surface area contributed by atoms with Gasteiger partial charge in [-0.05, 0) is 23.8 Å². The molecule has 0 unspecified atom stereocenters. The van der Waals surface area contributed by atoms with E-state index >= 15 is 0 Å². The molecule has 0 aliphatic heterocycles. The normalized spacial score (nSPS) is 10.2. The van der Waals surface area contributed by atoms with Crippen LogP contribution in [0.2, 0.25) is 0 Å². The standard InChI is InChI=1S/C8H14N4O2/c1-4-9-7-8(12(13)14)10-6(3)11(7)5-2/h9H,4-5H2,1-3H3. The molecule has 0 aromatic carbocycles. The number of hydrogen-bond acceptors (Lipinski definition) is 4. The lowest BCUT2D eigenvalue weighted by molar-refractivity contribution is -0.388. The summed E-state index contributed by atoms with van der Waals surface area (Å²) in [6.07, 6.45) is 0. The highest BCUT2D eigenvalue weighted by atomic mass is 16.6. The molecule has 1 N–H and O–H groups in total. The topological polar surface area (TPSA) is 73.0 Å².